The Morgan fingerprint density at radius 3 is 2.50 bits per heavy atom. The number of benzene rings is 1. The van der Waals surface area contributed by atoms with Crippen LogP contribution in [0.5, 0.6) is 0 Å². The first-order valence-electron chi connectivity index (χ1n) is 8.37. The predicted octanol–water partition coefficient (Wildman–Crippen LogP) is 5.59. The summed E-state index contributed by atoms with van der Waals surface area (Å²) in [6, 6.07) is 16.5. The highest BCUT2D eigenvalue weighted by Crippen LogP contribution is 2.44. The molecule has 2 atom stereocenters. The fourth-order valence-corrected chi connectivity index (χ4v) is 5.03. The highest BCUT2D eigenvalue weighted by molar-refractivity contribution is 7.80. The lowest BCUT2D eigenvalue weighted by molar-refractivity contribution is 0.575. The molecule has 4 rings (SSSR count). The lowest BCUT2D eigenvalue weighted by Crippen LogP contribution is -2.29. The molecule has 0 amide bonds. The summed E-state index contributed by atoms with van der Waals surface area (Å²) in [5, 5.41) is 4.18. The topological polar surface area (TPSA) is 28.2 Å². The lowest BCUT2D eigenvalue weighted by Gasteiger charge is -2.27. The Balaban J connectivity index is 1.85. The van der Waals surface area contributed by atoms with Gasteiger partial charge in [-0.25, -0.2) is 0 Å². The number of aryl methyl sites for hydroxylation is 2. The van der Waals surface area contributed by atoms with Crippen LogP contribution in [0.4, 0.5) is 5.69 Å². The first kappa shape index (κ1) is 17.5. The Kier molecular flexibility index (Phi) is 4.69. The van der Waals surface area contributed by atoms with Crippen LogP contribution in [0, 0.1) is 13.8 Å². The molecule has 0 saturated carbocycles. The summed E-state index contributed by atoms with van der Waals surface area (Å²) in [6.07, 6.45) is 1.82. The van der Waals surface area contributed by atoms with Gasteiger partial charge in [0.25, 0.3) is 0 Å². The van der Waals surface area contributed by atoms with Gasteiger partial charge in [-0.3, -0.25) is 4.98 Å². The van der Waals surface area contributed by atoms with Crippen LogP contribution in [-0.4, -0.2) is 10.1 Å². The molecule has 0 aliphatic carbocycles. The SMILES string of the molecule is Cc1cc(C)cc(N2C(=S)N[C@H](c3ccccn3)[C@H]2c2ccc(Cl)s2)c1. The molecule has 2 aromatic heterocycles. The van der Waals surface area contributed by atoms with Crippen LogP contribution < -0.4 is 10.2 Å². The molecule has 1 N–H and O–H groups in total. The van der Waals surface area contributed by atoms with E-state index in [-0.39, 0.29) is 12.1 Å². The second-order valence-electron chi connectivity index (χ2n) is 6.48. The third-order valence-electron chi connectivity index (χ3n) is 4.47. The summed E-state index contributed by atoms with van der Waals surface area (Å²) < 4.78 is 0.776. The van der Waals surface area contributed by atoms with Gasteiger partial charge in [-0.05, 0) is 73.6 Å². The van der Waals surface area contributed by atoms with E-state index in [2.05, 4.69) is 53.3 Å². The lowest BCUT2D eigenvalue weighted by atomic mass is 10.0. The van der Waals surface area contributed by atoms with Gasteiger partial charge in [-0.2, -0.15) is 0 Å². The molecule has 6 heteroatoms. The van der Waals surface area contributed by atoms with E-state index in [1.807, 2.05) is 30.5 Å². The van der Waals surface area contributed by atoms with Gasteiger partial charge in [0, 0.05) is 16.8 Å². The number of nitrogens with zero attached hydrogens (tertiary/aromatic N) is 2. The number of halogens is 1. The van der Waals surface area contributed by atoms with Gasteiger partial charge in [0.05, 0.1) is 22.1 Å². The molecule has 0 spiro atoms. The summed E-state index contributed by atoms with van der Waals surface area (Å²) >= 11 is 13.6. The molecule has 0 bridgehead atoms. The zero-order chi connectivity index (χ0) is 18.3. The fourth-order valence-electron chi connectivity index (χ4n) is 3.50. The van der Waals surface area contributed by atoms with E-state index in [0.717, 1.165) is 20.6 Å². The van der Waals surface area contributed by atoms with Crippen molar-refractivity contribution in [2.75, 3.05) is 4.90 Å². The molecule has 0 unspecified atom stereocenters. The highest BCUT2D eigenvalue weighted by Gasteiger charge is 2.41. The van der Waals surface area contributed by atoms with Gasteiger partial charge in [-0.15, -0.1) is 11.3 Å². The first-order chi connectivity index (χ1) is 12.5. The summed E-state index contributed by atoms with van der Waals surface area (Å²) in [4.78, 5) is 7.92. The van der Waals surface area contributed by atoms with Crippen molar-refractivity contribution < 1.29 is 0 Å². The minimum Gasteiger partial charge on any atom is -0.351 e. The normalized spacial score (nSPS) is 19.7. The van der Waals surface area contributed by atoms with Crippen molar-refractivity contribution in [3.8, 4) is 0 Å². The molecule has 1 aromatic carbocycles. The Labute approximate surface area is 167 Å². The van der Waals surface area contributed by atoms with Gasteiger partial charge in [0.2, 0.25) is 0 Å². The number of aromatic nitrogens is 1. The van der Waals surface area contributed by atoms with Crippen LogP contribution in [0.15, 0.2) is 54.7 Å². The molecule has 1 saturated heterocycles. The third-order valence-corrected chi connectivity index (χ3v) is 6.08. The molecule has 1 fully saturated rings. The van der Waals surface area contributed by atoms with Crippen molar-refractivity contribution in [2.24, 2.45) is 0 Å². The molecule has 0 radical (unpaired) electrons. The number of pyridine rings is 1. The highest BCUT2D eigenvalue weighted by atomic mass is 35.5. The van der Waals surface area contributed by atoms with E-state index in [9.17, 15) is 0 Å². The summed E-state index contributed by atoms with van der Waals surface area (Å²) in [5.74, 6) is 0. The van der Waals surface area contributed by atoms with E-state index in [0.29, 0.717) is 5.11 Å². The average Bonchev–Trinajstić information content (AvgIpc) is 3.18. The minimum absolute atomic E-state index is 0.0103. The number of anilines is 1. The number of hydrogen-bond acceptors (Lipinski definition) is 3. The van der Waals surface area contributed by atoms with Gasteiger partial charge in [0.1, 0.15) is 0 Å². The van der Waals surface area contributed by atoms with Crippen LogP contribution in [0.1, 0.15) is 33.8 Å². The van der Waals surface area contributed by atoms with E-state index in [1.165, 1.54) is 11.1 Å². The van der Waals surface area contributed by atoms with E-state index >= 15 is 0 Å². The Morgan fingerprint density at radius 2 is 1.88 bits per heavy atom. The monoisotopic (exact) mass is 399 g/mol. The maximum absolute atomic E-state index is 6.24. The maximum Gasteiger partial charge on any atom is 0.174 e. The zero-order valence-electron chi connectivity index (χ0n) is 14.4. The van der Waals surface area contributed by atoms with Crippen molar-refractivity contribution in [1.29, 1.82) is 0 Å². The molecule has 3 aromatic rings. The number of hydrogen-bond donors (Lipinski definition) is 1. The summed E-state index contributed by atoms with van der Waals surface area (Å²) in [5.41, 5.74) is 4.49. The predicted molar refractivity (Wildman–Crippen MR) is 113 cm³/mol. The fraction of sp³-hybridized carbons (Fsp3) is 0.200. The standard InChI is InChI=1S/C20H18ClN3S2/c1-12-9-13(2)11-14(10-12)24-19(16-6-7-17(21)26-16)18(23-20(24)25)15-5-3-4-8-22-15/h3-11,18-19H,1-2H3,(H,23,25)/t18-,19-/m1/s1. The van der Waals surface area contributed by atoms with E-state index in [1.54, 1.807) is 11.3 Å². The van der Waals surface area contributed by atoms with Crippen LogP contribution in [0.3, 0.4) is 0 Å². The van der Waals surface area contributed by atoms with E-state index in [4.69, 9.17) is 23.8 Å². The van der Waals surface area contributed by atoms with Crippen molar-refractivity contribution in [1.82, 2.24) is 10.3 Å². The number of thiocarbonyl (C=S) groups is 1. The van der Waals surface area contributed by atoms with Gasteiger partial charge in [0.15, 0.2) is 5.11 Å². The molecule has 3 nitrogen and oxygen atoms in total. The van der Waals surface area contributed by atoms with Crippen LogP contribution in [0.25, 0.3) is 0 Å². The van der Waals surface area contributed by atoms with E-state index < -0.39 is 0 Å². The average molecular weight is 400 g/mol. The maximum atomic E-state index is 6.24. The van der Waals surface area contributed by atoms with Crippen LogP contribution in [-0.2, 0) is 0 Å². The second-order valence-corrected chi connectivity index (χ2v) is 8.62. The second kappa shape index (κ2) is 6.99. The molecular weight excluding hydrogens is 382 g/mol. The Bertz CT molecular complexity index is 934. The van der Waals surface area contributed by atoms with Crippen molar-refractivity contribution in [3.63, 3.8) is 0 Å². The molecule has 3 heterocycles. The molecule has 1 aliphatic heterocycles. The summed E-state index contributed by atoms with van der Waals surface area (Å²) in [6.45, 7) is 4.21. The Hall–Kier alpha value is -1.95. The number of nitrogens with one attached hydrogen (secondary N) is 1. The molecular formula is C20H18ClN3S2. The molecule has 132 valence electrons. The Morgan fingerprint density at radius 1 is 1.12 bits per heavy atom. The van der Waals surface area contributed by atoms with Gasteiger partial charge >= 0.3 is 0 Å². The quantitative estimate of drug-likeness (QED) is 0.581. The number of thiophene rings is 1. The number of rotatable bonds is 3. The van der Waals surface area contributed by atoms with Gasteiger partial charge < -0.3 is 10.2 Å². The first-order valence-corrected chi connectivity index (χ1v) is 9.97. The van der Waals surface area contributed by atoms with Crippen molar-refractivity contribution in [2.45, 2.75) is 25.9 Å². The van der Waals surface area contributed by atoms with Crippen molar-refractivity contribution in [3.05, 3.63) is 80.8 Å². The smallest absolute Gasteiger partial charge is 0.174 e. The third kappa shape index (κ3) is 3.22. The zero-order valence-corrected chi connectivity index (χ0v) is 16.8. The minimum atomic E-state index is -0.0285. The summed E-state index contributed by atoms with van der Waals surface area (Å²) in [7, 11) is 0. The molecule has 26 heavy (non-hydrogen) atoms. The van der Waals surface area contributed by atoms with Crippen LogP contribution in [0.2, 0.25) is 4.34 Å². The van der Waals surface area contributed by atoms with Crippen molar-refractivity contribution >= 4 is 46.0 Å². The largest absolute Gasteiger partial charge is 0.351 e. The van der Waals surface area contributed by atoms with Crippen LogP contribution >= 0.6 is 35.2 Å². The van der Waals surface area contributed by atoms with Gasteiger partial charge in [-0.1, -0.05) is 23.7 Å². The molecule has 1 aliphatic rings.